The summed E-state index contributed by atoms with van der Waals surface area (Å²) in [6.07, 6.45) is 1.96. The van der Waals surface area contributed by atoms with E-state index in [4.69, 9.17) is 0 Å². The van der Waals surface area contributed by atoms with Gasteiger partial charge in [-0.1, -0.05) is 36.4 Å². The summed E-state index contributed by atoms with van der Waals surface area (Å²) in [4.78, 5) is 0. The molecule has 1 unspecified atom stereocenters. The molecule has 2 N–H and O–H groups in total. The Morgan fingerprint density at radius 1 is 1.12 bits per heavy atom. The van der Waals surface area contributed by atoms with Gasteiger partial charge in [-0.15, -0.1) is 0 Å². The molecule has 2 aromatic carbocycles. The van der Waals surface area contributed by atoms with Gasteiger partial charge in [0.2, 0.25) is 0 Å². The molecule has 0 spiro atoms. The molecule has 5 heteroatoms. The number of hydrogen-bond acceptors (Lipinski definition) is 3. The van der Waals surface area contributed by atoms with Crippen LogP contribution in [0.25, 0.3) is 16.5 Å². The van der Waals surface area contributed by atoms with Crippen LogP contribution in [0.5, 0.6) is 0 Å². The van der Waals surface area contributed by atoms with Crippen molar-refractivity contribution in [1.82, 2.24) is 25.3 Å². The summed E-state index contributed by atoms with van der Waals surface area (Å²) in [5, 5.41) is 17.9. The molecule has 0 fully saturated rings. The lowest BCUT2D eigenvalue weighted by Crippen LogP contribution is -2.19. The molecule has 0 bridgehead atoms. The minimum atomic E-state index is 0.190. The Morgan fingerprint density at radius 2 is 1.92 bits per heavy atom. The summed E-state index contributed by atoms with van der Waals surface area (Å²) in [6, 6.07) is 17.0. The van der Waals surface area contributed by atoms with Crippen LogP contribution >= 0.6 is 0 Å². The Labute approximate surface area is 153 Å². The number of aryl methyl sites for hydroxylation is 1. The fraction of sp³-hybridized carbons (Fsp3) is 0.238. The van der Waals surface area contributed by atoms with Gasteiger partial charge in [-0.25, -0.2) is 4.68 Å². The third kappa shape index (κ3) is 3.02. The topological polar surface area (TPSA) is 58.5 Å². The van der Waals surface area contributed by atoms with Crippen molar-refractivity contribution >= 4 is 10.8 Å². The van der Waals surface area contributed by atoms with Gasteiger partial charge in [0.15, 0.2) is 0 Å². The van der Waals surface area contributed by atoms with E-state index in [1.807, 2.05) is 17.8 Å². The average molecular weight is 345 g/mol. The number of H-pyrrole nitrogens is 1. The predicted molar refractivity (Wildman–Crippen MR) is 104 cm³/mol. The summed E-state index contributed by atoms with van der Waals surface area (Å²) in [5.41, 5.74) is 5.56. The number of aromatic nitrogens is 4. The van der Waals surface area contributed by atoms with Crippen LogP contribution in [0.3, 0.4) is 0 Å². The van der Waals surface area contributed by atoms with Gasteiger partial charge in [0.1, 0.15) is 0 Å². The van der Waals surface area contributed by atoms with Gasteiger partial charge in [0.25, 0.3) is 0 Å². The number of benzene rings is 2. The van der Waals surface area contributed by atoms with Crippen molar-refractivity contribution in [3.63, 3.8) is 0 Å². The second-order valence-electron chi connectivity index (χ2n) is 6.74. The first-order chi connectivity index (χ1) is 12.6. The van der Waals surface area contributed by atoms with Gasteiger partial charge in [0.05, 0.1) is 17.6 Å². The zero-order valence-corrected chi connectivity index (χ0v) is 15.3. The first kappa shape index (κ1) is 16.5. The summed E-state index contributed by atoms with van der Waals surface area (Å²) in [6.45, 7) is 7.03. The van der Waals surface area contributed by atoms with Crippen molar-refractivity contribution in [2.75, 3.05) is 0 Å². The van der Waals surface area contributed by atoms with E-state index in [-0.39, 0.29) is 6.04 Å². The van der Waals surface area contributed by atoms with E-state index < -0.39 is 0 Å². The minimum absolute atomic E-state index is 0.190. The van der Waals surface area contributed by atoms with Crippen LogP contribution in [0.1, 0.15) is 35.6 Å². The van der Waals surface area contributed by atoms with Crippen molar-refractivity contribution in [3.05, 3.63) is 77.4 Å². The molecule has 0 saturated heterocycles. The van der Waals surface area contributed by atoms with Crippen LogP contribution in [0.15, 0.2) is 54.7 Å². The quantitative estimate of drug-likeness (QED) is 0.569. The fourth-order valence-corrected chi connectivity index (χ4v) is 3.42. The highest BCUT2D eigenvalue weighted by Crippen LogP contribution is 2.25. The molecule has 0 radical (unpaired) electrons. The van der Waals surface area contributed by atoms with Crippen LogP contribution < -0.4 is 5.32 Å². The maximum atomic E-state index is 4.67. The van der Waals surface area contributed by atoms with Crippen LogP contribution in [0, 0.1) is 13.8 Å². The number of nitrogens with zero attached hydrogens (tertiary/aromatic N) is 3. The summed E-state index contributed by atoms with van der Waals surface area (Å²) in [5.74, 6) is 0. The molecule has 4 rings (SSSR count). The van der Waals surface area contributed by atoms with Crippen LogP contribution in [-0.4, -0.2) is 20.0 Å². The summed E-state index contributed by atoms with van der Waals surface area (Å²) >= 11 is 0. The summed E-state index contributed by atoms with van der Waals surface area (Å²) < 4.78 is 2.04. The first-order valence-electron chi connectivity index (χ1n) is 8.90. The van der Waals surface area contributed by atoms with Gasteiger partial charge in [0, 0.05) is 34.9 Å². The number of aromatic amines is 1. The average Bonchev–Trinajstić information content (AvgIpc) is 3.25. The molecule has 0 amide bonds. The monoisotopic (exact) mass is 345 g/mol. The predicted octanol–water partition coefficient (Wildman–Crippen LogP) is 4.22. The van der Waals surface area contributed by atoms with E-state index in [1.165, 1.54) is 16.3 Å². The molecule has 4 aromatic rings. The number of nitrogens with one attached hydrogen (secondary N) is 2. The Bertz CT molecular complexity index is 1040. The van der Waals surface area contributed by atoms with Gasteiger partial charge in [-0.05, 0) is 38.3 Å². The molecule has 132 valence electrons. The largest absolute Gasteiger partial charge is 0.304 e. The van der Waals surface area contributed by atoms with E-state index in [0.29, 0.717) is 0 Å². The molecular formula is C21H23N5. The molecule has 5 nitrogen and oxygen atoms in total. The van der Waals surface area contributed by atoms with Gasteiger partial charge in [-0.3, -0.25) is 5.10 Å². The minimum Gasteiger partial charge on any atom is -0.304 e. The molecule has 0 saturated carbocycles. The number of fused-ring (bicyclic) bond motifs is 1. The van der Waals surface area contributed by atoms with Crippen molar-refractivity contribution < 1.29 is 0 Å². The third-order valence-corrected chi connectivity index (χ3v) is 4.86. The molecule has 0 aliphatic carbocycles. The van der Waals surface area contributed by atoms with E-state index in [0.717, 1.165) is 29.3 Å². The highest BCUT2D eigenvalue weighted by Gasteiger charge is 2.15. The van der Waals surface area contributed by atoms with E-state index in [2.05, 4.69) is 83.0 Å². The first-order valence-corrected chi connectivity index (χ1v) is 8.90. The third-order valence-electron chi connectivity index (χ3n) is 4.86. The maximum absolute atomic E-state index is 4.67. The van der Waals surface area contributed by atoms with E-state index in [9.17, 15) is 0 Å². The Hall–Kier alpha value is -2.92. The normalized spacial score (nSPS) is 12.6. The van der Waals surface area contributed by atoms with Crippen LogP contribution in [0.2, 0.25) is 0 Å². The Morgan fingerprint density at radius 3 is 2.73 bits per heavy atom. The molecule has 26 heavy (non-hydrogen) atoms. The van der Waals surface area contributed by atoms with Crippen molar-refractivity contribution in [2.24, 2.45) is 0 Å². The fourth-order valence-electron chi connectivity index (χ4n) is 3.42. The van der Waals surface area contributed by atoms with Gasteiger partial charge >= 0.3 is 0 Å². The highest BCUT2D eigenvalue weighted by molar-refractivity contribution is 5.90. The Kier molecular flexibility index (Phi) is 4.31. The molecular weight excluding hydrogens is 322 g/mol. The molecule has 2 heterocycles. The lowest BCUT2D eigenvalue weighted by atomic mass is 10.1. The zero-order valence-electron chi connectivity index (χ0n) is 15.3. The maximum Gasteiger partial charge on any atom is 0.0762 e. The lowest BCUT2D eigenvalue weighted by Gasteiger charge is -2.14. The Balaban J connectivity index is 1.61. The standard InChI is InChI=1S/C21H23N5/c1-14-11-18(25-24-14)12-22-15(2)20-13-23-26(16(20)3)21-10-6-8-17-7-4-5-9-19(17)21/h4-11,13,15,22H,12H2,1-3H3,(H,24,25). The molecule has 1 atom stereocenters. The van der Waals surface area contributed by atoms with E-state index >= 15 is 0 Å². The van der Waals surface area contributed by atoms with Crippen LogP contribution in [0.4, 0.5) is 0 Å². The smallest absolute Gasteiger partial charge is 0.0762 e. The lowest BCUT2D eigenvalue weighted by molar-refractivity contribution is 0.564. The van der Waals surface area contributed by atoms with Gasteiger partial charge in [-0.2, -0.15) is 10.2 Å². The van der Waals surface area contributed by atoms with Crippen LogP contribution in [-0.2, 0) is 6.54 Å². The highest BCUT2D eigenvalue weighted by atomic mass is 15.3. The zero-order chi connectivity index (χ0) is 18.1. The second-order valence-corrected chi connectivity index (χ2v) is 6.74. The van der Waals surface area contributed by atoms with Crippen molar-refractivity contribution in [1.29, 1.82) is 0 Å². The molecule has 0 aliphatic heterocycles. The SMILES string of the molecule is Cc1cc(CNC(C)c2cnn(-c3cccc4ccccc34)c2C)n[nH]1. The number of rotatable bonds is 5. The summed E-state index contributed by atoms with van der Waals surface area (Å²) in [7, 11) is 0. The number of hydrogen-bond donors (Lipinski definition) is 2. The van der Waals surface area contributed by atoms with Crippen molar-refractivity contribution in [3.8, 4) is 5.69 Å². The second kappa shape index (κ2) is 6.77. The van der Waals surface area contributed by atoms with Gasteiger partial charge < -0.3 is 5.32 Å². The molecule has 0 aliphatic rings. The molecule has 2 aromatic heterocycles. The van der Waals surface area contributed by atoms with Crippen molar-refractivity contribution in [2.45, 2.75) is 33.4 Å². The van der Waals surface area contributed by atoms with E-state index in [1.54, 1.807) is 0 Å².